The molecule has 0 amide bonds. The molecule has 3 heteroatoms. The molecular formula is C19H19NO2. The molecule has 112 valence electrons. The third kappa shape index (κ3) is 1.63. The van der Waals surface area contributed by atoms with E-state index < -0.39 is 11.9 Å². The topological polar surface area (TPSA) is 40.5 Å². The van der Waals surface area contributed by atoms with Crippen LogP contribution in [0.25, 0.3) is 0 Å². The normalized spacial score (nSPS) is 28.3. The van der Waals surface area contributed by atoms with Crippen molar-refractivity contribution in [1.82, 2.24) is 4.90 Å². The van der Waals surface area contributed by atoms with Gasteiger partial charge in [-0.05, 0) is 36.3 Å². The van der Waals surface area contributed by atoms with Crippen LogP contribution in [-0.2, 0) is 4.79 Å². The minimum atomic E-state index is -0.697. The molecule has 0 radical (unpaired) electrons. The van der Waals surface area contributed by atoms with E-state index in [1.807, 2.05) is 26.2 Å². The van der Waals surface area contributed by atoms with E-state index in [1.165, 1.54) is 22.3 Å². The molecule has 0 saturated heterocycles. The van der Waals surface area contributed by atoms with Crippen molar-refractivity contribution in [2.45, 2.75) is 17.9 Å². The summed E-state index contributed by atoms with van der Waals surface area (Å²) in [6.45, 7) is 0. The molecular weight excluding hydrogens is 274 g/mol. The van der Waals surface area contributed by atoms with E-state index in [2.05, 4.69) is 41.3 Å². The number of carboxylic acid groups (broad SMARTS) is 1. The highest BCUT2D eigenvalue weighted by Gasteiger charge is 2.53. The molecule has 1 N–H and O–H groups in total. The van der Waals surface area contributed by atoms with E-state index in [9.17, 15) is 9.90 Å². The van der Waals surface area contributed by atoms with Gasteiger partial charge in [-0.1, -0.05) is 48.5 Å². The van der Waals surface area contributed by atoms with Crippen molar-refractivity contribution in [3.05, 3.63) is 70.8 Å². The van der Waals surface area contributed by atoms with E-state index in [1.54, 1.807) is 0 Å². The molecule has 3 nitrogen and oxygen atoms in total. The number of hydrogen-bond donors (Lipinski definition) is 1. The van der Waals surface area contributed by atoms with Gasteiger partial charge in [0.25, 0.3) is 0 Å². The maximum Gasteiger partial charge on any atom is 0.309 e. The van der Waals surface area contributed by atoms with Crippen LogP contribution in [0.3, 0.4) is 0 Å². The summed E-state index contributed by atoms with van der Waals surface area (Å²) in [5, 5.41) is 9.90. The number of rotatable bonds is 2. The molecule has 0 aliphatic heterocycles. The van der Waals surface area contributed by atoms with E-state index in [4.69, 9.17) is 0 Å². The van der Waals surface area contributed by atoms with Crippen molar-refractivity contribution in [3.8, 4) is 0 Å². The maximum atomic E-state index is 12.1. The number of aliphatic carboxylic acids is 1. The van der Waals surface area contributed by atoms with Crippen LogP contribution in [0, 0.1) is 5.92 Å². The van der Waals surface area contributed by atoms with Crippen molar-refractivity contribution >= 4 is 5.97 Å². The smallest absolute Gasteiger partial charge is 0.309 e. The zero-order valence-electron chi connectivity index (χ0n) is 12.7. The minimum absolute atomic E-state index is 0.00713. The first-order valence-corrected chi connectivity index (χ1v) is 7.68. The van der Waals surface area contributed by atoms with Gasteiger partial charge >= 0.3 is 5.97 Å². The summed E-state index contributed by atoms with van der Waals surface area (Å²) in [6.07, 6.45) is 0. The van der Waals surface area contributed by atoms with E-state index >= 15 is 0 Å². The maximum absolute atomic E-state index is 12.1. The number of likely N-dealkylation sites (N-methyl/N-ethyl adjacent to an activating group) is 1. The van der Waals surface area contributed by atoms with Crippen molar-refractivity contribution in [2.75, 3.05) is 14.1 Å². The Morgan fingerprint density at radius 2 is 1.27 bits per heavy atom. The van der Waals surface area contributed by atoms with Crippen LogP contribution in [0.5, 0.6) is 0 Å². The highest BCUT2D eigenvalue weighted by molar-refractivity contribution is 5.77. The molecule has 2 aromatic rings. The molecule has 5 rings (SSSR count). The molecule has 2 aromatic carbocycles. The first kappa shape index (κ1) is 13.5. The Hall–Kier alpha value is -2.13. The number of hydrogen-bond acceptors (Lipinski definition) is 2. The van der Waals surface area contributed by atoms with Gasteiger partial charge in [0.05, 0.1) is 5.92 Å². The zero-order valence-corrected chi connectivity index (χ0v) is 12.7. The lowest BCUT2D eigenvalue weighted by atomic mass is 9.56. The number of carboxylic acids is 1. The lowest BCUT2D eigenvalue weighted by Gasteiger charge is -2.51. The van der Waals surface area contributed by atoms with Crippen molar-refractivity contribution in [3.63, 3.8) is 0 Å². The van der Waals surface area contributed by atoms with Gasteiger partial charge in [0, 0.05) is 17.9 Å². The van der Waals surface area contributed by atoms with Crippen molar-refractivity contribution < 1.29 is 9.90 Å². The van der Waals surface area contributed by atoms with Gasteiger partial charge in [0.15, 0.2) is 0 Å². The van der Waals surface area contributed by atoms with Crippen LogP contribution in [0.1, 0.15) is 34.1 Å². The molecule has 0 fully saturated rings. The fourth-order valence-corrected chi connectivity index (χ4v) is 4.56. The Balaban J connectivity index is 2.04. The standard InChI is InChI=1S/C19H19NO2/c1-20(2)18-16-13-9-5-3-7-11(13)15(17(18)19(21)22)12-8-4-6-10-14(12)16/h3-10,15-18H,1-2H3,(H,21,22)/t15?,16?,17-,18-/m0/s1. The Labute approximate surface area is 130 Å². The number of benzene rings is 2. The second-order valence-corrected chi connectivity index (χ2v) is 6.53. The van der Waals surface area contributed by atoms with Crippen LogP contribution in [-0.4, -0.2) is 36.1 Å². The van der Waals surface area contributed by atoms with Gasteiger partial charge in [0.1, 0.15) is 0 Å². The molecule has 0 saturated carbocycles. The van der Waals surface area contributed by atoms with Crippen molar-refractivity contribution in [2.24, 2.45) is 5.92 Å². The van der Waals surface area contributed by atoms with Crippen LogP contribution in [0.2, 0.25) is 0 Å². The zero-order chi connectivity index (χ0) is 15.4. The Morgan fingerprint density at radius 3 is 1.64 bits per heavy atom. The number of fused-ring (bicyclic) bond motifs is 1. The summed E-state index contributed by atoms with van der Waals surface area (Å²) in [4.78, 5) is 14.1. The Bertz CT molecular complexity index is 705. The van der Waals surface area contributed by atoms with Gasteiger partial charge in [-0.15, -0.1) is 0 Å². The first-order valence-electron chi connectivity index (χ1n) is 7.68. The fourth-order valence-electron chi connectivity index (χ4n) is 4.56. The summed E-state index contributed by atoms with van der Waals surface area (Å²) < 4.78 is 0. The molecule has 2 atom stereocenters. The van der Waals surface area contributed by atoms with Gasteiger partial charge in [-0.3, -0.25) is 4.79 Å². The first-order chi connectivity index (χ1) is 10.6. The Kier molecular flexibility index (Phi) is 2.88. The Morgan fingerprint density at radius 1 is 0.864 bits per heavy atom. The predicted molar refractivity (Wildman–Crippen MR) is 85.2 cm³/mol. The summed E-state index contributed by atoms with van der Waals surface area (Å²) in [5.74, 6) is -1.02. The van der Waals surface area contributed by atoms with Gasteiger partial charge in [-0.2, -0.15) is 0 Å². The lowest BCUT2D eigenvalue weighted by Crippen LogP contribution is -2.53. The van der Waals surface area contributed by atoms with Crippen LogP contribution < -0.4 is 0 Å². The van der Waals surface area contributed by atoms with Gasteiger partial charge < -0.3 is 10.0 Å². The van der Waals surface area contributed by atoms with Crippen molar-refractivity contribution in [1.29, 1.82) is 0 Å². The lowest BCUT2D eigenvalue weighted by molar-refractivity contribution is -0.145. The third-order valence-electron chi connectivity index (χ3n) is 5.28. The summed E-state index contributed by atoms with van der Waals surface area (Å²) in [5.41, 5.74) is 4.97. The monoisotopic (exact) mass is 293 g/mol. The molecule has 3 aliphatic carbocycles. The summed E-state index contributed by atoms with van der Waals surface area (Å²) in [7, 11) is 3.99. The molecule has 0 heterocycles. The van der Waals surface area contributed by atoms with Gasteiger partial charge in [0.2, 0.25) is 0 Å². The SMILES string of the molecule is CN(C)[C@H]1C2c3ccccc3C(c3ccccc32)[C@@H]1C(=O)O. The summed E-state index contributed by atoms with van der Waals surface area (Å²) in [6, 6.07) is 16.7. The molecule has 0 spiro atoms. The van der Waals surface area contributed by atoms with Gasteiger partial charge in [-0.25, -0.2) is 0 Å². The van der Waals surface area contributed by atoms with E-state index in [0.29, 0.717) is 0 Å². The number of carbonyl (C=O) groups is 1. The van der Waals surface area contributed by atoms with Crippen LogP contribution >= 0.6 is 0 Å². The highest BCUT2D eigenvalue weighted by atomic mass is 16.4. The molecule has 3 aliphatic rings. The van der Waals surface area contributed by atoms with E-state index in [-0.39, 0.29) is 17.9 Å². The van der Waals surface area contributed by atoms with Crippen LogP contribution in [0.15, 0.2) is 48.5 Å². The fraction of sp³-hybridized carbons (Fsp3) is 0.316. The summed E-state index contributed by atoms with van der Waals surface area (Å²) >= 11 is 0. The predicted octanol–water partition coefficient (Wildman–Crippen LogP) is 2.91. The largest absolute Gasteiger partial charge is 0.481 e. The quantitative estimate of drug-likeness (QED) is 0.925. The number of nitrogens with zero attached hydrogens (tertiary/aromatic N) is 1. The average molecular weight is 293 g/mol. The molecule has 0 unspecified atom stereocenters. The highest BCUT2D eigenvalue weighted by Crippen LogP contribution is 2.56. The second kappa shape index (κ2) is 4.68. The molecule has 22 heavy (non-hydrogen) atoms. The minimum Gasteiger partial charge on any atom is -0.481 e. The van der Waals surface area contributed by atoms with Crippen LogP contribution in [0.4, 0.5) is 0 Å². The second-order valence-electron chi connectivity index (χ2n) is 6.53. The third-order valence-corrected chi connectivity index (χ3v) is 5.28. The molecule has 0 aromatic heterocycles. The van der Waals surface area contributed by atoms with E-state index in [0.717, 1.165) is 0 Å². The molecule has 2 bridgehead atoms. The average Bonchev–Trinajstić information content (AvgIpc) is 2.53.